The number of hydrogen-bond acceptors (Lipinski definition) is 2. The molecule has 0 radical (unpaired) electrons. The Morgan fingerprint density at radius 3 is 2.62 bits per heavy atom. The van der Waals surface area contributed by atoms with Gasteiger partial charge >= 0.3 is 6.03 Å². The first-order valence-electron chi connectivity index (χ1n) is 7.11. The van der Waals surface area contributed by atoms with Crippen molar-refractivity contribution >= 4 is 11.7 Å². The van der Waals surface area contributed by atoms with Crippen LogP contribution in [0.1, 0.15) is 25.7 Å². The van der Waals surface area contributed by atoms with Gasteiger partial charge in [-0.15, -0.1) is 0 Å². The zero-order chi connectivity index (χ0) is 15.4. The number of nitrogens with zero attached hydrogens (tertiary/aromatic N) is 1. The molecule has 0 spiro atoms. The average Bonchev–Trinajstić information content (AvgIpc) is 2.51. The van der Waals surface area contributed by atoms with Crippen molar-refractivity contribution in [3.63, 3.8) is 0 Å². The molecule has 0 aliphatic heterocycles. The quantitative estimate of drug-likeness (QED) is 0.901. The van der Waals surface area contributed by atoms with Crippen molar-refractivity contribution in [3.8, 4) is 0 Å². The van der Waals surface area contributed by atoms with Crippen LogP contribution in [0.15, 0.2) is 18.2 Å². The first-order chi connectivity index (χ1) is 10.0. The maximum atomic E-state index is 13.5. The Hall–Kier alpha value is -1.69. The molecule has 1 fully saturated rings. The molecular weight excluding hydrogens is 278 g/mol. The van der Waals surface area contributed by atoms with Gasteiger partial charge in [0.2, 0.25) is 0 Å². The number of aliphatic hydroxyl groups is 1. The van der Waals surface area contributed by atoms with Gasteiger partial charge in [0.05, 0.1) is 5.69 Å². The molecule has 2 N–H and O–H groups in total. The van der Waals surface area contributed by atoms with Crippen molar-refractivity contribution in [1.82, 2.24) is 4.90 Å². The highest BCUT2D eigenvalue weighted by Gasteiger charge is 2.26. The van der Waals surface area contributed by atoms with E-state index in [1.165, 1.54) is 17.0 Å². The molecule has 4 nitrogen and oxygen atoms in total. The van der Waals surface area contributed by atoms with Gasteiger partial charge in [0, 0.05) is 19.7 Å². The number of nitrogens with one attached hydrogen (secondary N) is 1. The van der Waals surface area contributed by atoms with E-state index in [-0.39, 0.29) is 18.3 Å². The van der Waals surface area contributed by atoms with Crippen molar-refractivity contribution in [1.29, 1.82) is 0 Å². The number of hydrogen-bond donors (Lipinski definition) is 2. The highest BCUT2D eigenvalue weighted by Crippen LogP contribution is 2.27. The predicted octanol–water partition coefficient (Wildman–Crippen LogP) is 2.98. The molecule has 1 aromatic carbocycles. The summed E-state index contributed by atoms with van der Waals surface area (Å²) in [5, 5.41) is 11.5. The minimum absolute atomic E-state index is 0.0596. The summed E-state index contributed by atoms with van der Waals surface area (Å²) in [6, 6.07) is 3.29. The van der Waals surface area contributed by atoms with Gasteiger partial charge in [0.15, 0.2) is 11.6 Å². The van der Waals surface area contributed by atoms with Crippen LogP contribution in [0.5, 0.6) is 0 Å². The number of aliphatic hydroxyl groups excluding tert-OH is 1. The second-order valence-electron chi connectivity index (χ2n) is 5.50. The van der Waals surface area contributed by atoms with E-state index in [0.717, 1.165) is 31.7 Å². The first-order valence-corrected chi connectivity index (χ1v) is 7.11. The summed E-state index contributed by atoms with van der Waals surface area (Å²) in [6.07, 6.45) is 3.35. The lowest BCUT2D eigenvalue weighted by Crippen LogP contribution is -2.42. The van der Waals surface area contributed by atoms with E-state index in [2.05, 4.69) is 5.32 Å². The van der Waals surface area contributed by atoms with E-state index in [0.29, 0.717) is 5.92 Å². The van der Waals surface area contributed by atoms with Gasteiger partial charge in [-0.05, 0) is 43.7 Å². The van der Waals surface area contributed by atoms with Crippen LogP contribution in [0.25, 0.3) is 0 Å². The van der Waals surface area contributed by atoms with E-state index in [1.54, 1.807) is 7.05 Å². The van der Waals surface area contributed by atoms with Crippen LogP contribution in [0.2, 0.25) is 0 Å². The van der Waals surface area contributed by atoms with Gasteiger partial charge in [-0.25, -0.2) is 13.6 Å². The molecule has 21 heavy (non-hydrogen) atoms. The Kier molecular flexibility index (Phi) is 5.12. The molecule has 2 rings (SSSR count). The number of anilines is 1. The number of carbonyl (C=O) groups is 1. The Morgan fingerprint density at radius 1 is 1.33 bits per heavy atom. The monoisotopic (exact) mass is 298 g/mol. The number of halogens is 2. The van der Waals surface area contributed by atoms with Crippen molar-refractivity contribution in [3.05, 3.63) is 29.8 Å². The van der Waals surface area contributed by atoms with Gasteiger partial charge in [-0.2, -0.15) is 0 Å². The van der Waals surface area contributed by atoms with Crippen LogP contribution in [-0.4, -0.2) is 35.7 Å². The lowest BCUT2D eigenvalue weighted by molar-refractivity contribution is 0.139. The molecule has 1 aliphatic rings. The van der Waals surface area contributed by atoms with E-state index in [1.807, 2.05) is 0 Å². The third-order valence-corrected chi connectivity index (χ3v) is 4.14. The molecule has 0 saturated heterocycles. The summed E-state index contributed by atoms with van der Waals surface area (Å²) in [5.41, 5.74) is -0.157. The largest absolute Gasteiger partial charge is 0.396 e. The lowest BCUT2D eigenvalue weighted by Gasteiger charge is -2.34. The van der Waals surface area contributed by atoms with Gasteiger partial charge < -0.3 is 15.3 Å². The predicted molar refractivity (Wildman–Crippen MR) is 76.0 cm³/mol. The summed E-state index contributed by atoms with van der Waals surface area (Å²) in [4.78, 5) is 13.6. The van der Waals surface area contributed by atoms with Crippen molar-refractivity contribution in [2.75, 3.05) is 19.0 Å². The molecule has 0 bridgehead atoms. The van der Waals surface area contributed by atoms with Crippen LogP contribution in [0, 0.1) is 17.6 Å². The molecule has 1 aromatic rings. The Balaban J connectivity index is 1.95. The smallest absolute Gasteiger partial charge is 0.321 e. The molecule has 2 amide bonds. The number of rotatable bonds is 3. The molecule has 0 unspecified atom stereocenters. The minimum atomic E-state index is -1.05. The van der Waals surface area contributed by atoms with Gasteiger partial charge in [-0.1, -0.05) is 6.07 Å². The highest BCUT2D eigenvalue weighted by atomic mass is 19.2. The second-order valence-corrected chi connectivity index (χ2v) is 5.50. The van der Waals surface area contributed by atoms with E-state index in [4.69, 9.17) is 5.11 Å². The SMILES string of the molecule is CN(C(=O)Nc1cccc(F)c1F)C1CCC(CO)CC1. The maximum absolute atomic E-state index is 13.5. The molecule has 1 saturated carbocycles. The number of carbonyl (C=O) groups excluding carboxylic acids is 1. The van der Waals surface area contributed by atoms with E-state index < -0.39 is 17.7 Å². The molecular formula is C15H20F2N2O2. The zero-order valence-electron chi connectivity index (χ0n) is 12.0. The minimum Gasteiger partial charge on any atom is -0.396 e. The summed E-state index contributed by atoms with van der Waals surface area (Å²) in [5.74, 6) is -1.74. The lowest BCUT2D eigenvalue weighted by atomic mass is 9.86. The van der Waals surface area contributed by atoms with Crippen LogP contribution in [-0.2, 0) is 0 Å². The molecule has 6 heteroatoms. The van der Waals surface area contributed by atoms with E-state index >= 15 is 0 Å². The molecule has 0 aromatic heterocycles. The fourth-order valence-corrected chi connectivity index (χ4v) is 2.68. The third kappa shape index (κ3) is 3.69. The summed E-state index contributed by atoms with van der Waals surface area (Å²) >= 11 is 0. The second kappa shape index (κ2) is 6.85. The van der Waals surface area contributed by atoms with Crippen LogP contribution in [0.4, 0.5) is 19.3 Å². The van der Waals surface area contributed by atoms with Gasteiger partial charge in [0.1, 0.15) is 0 Å². The average molecular weight is 298 g/mol. The highest BCUT2D eigenvalue weighted by molar-refractivity contribution is 5.89. The number of urea groups is 1. The molecule has 0 heterocycles. The molecule has 0 atom stereocenters. The Morgan fingerprint density at radius 2 is 2.00 bits per heavy atom. The van der Waals surface area contributed by atoms with Crippen LogP contribution < -0.4 is 5.32 Å². The third-order valence-electron chi connectivity index (χ3n) is 4.14. The fourth-order valence-electron chi connectivity index (χ4n) is 2.68. The fraction of sp³-hybridized carbons (Fsp3) is 0.533. The topological polar surface area (TPSA) is 52.6 Å². The van der Waals surface area contributed by atoms with Crippen molar-refractivity contribution in [2.45, 2.75) is 31.7 Å². The van der Waals surface area contributed by atoms with Gasteiger partial charge in [0.25, 0.3) is 0 Å². The molecule has 1 aliphatic carbocycles. The van der Waals surface area contributed by atoms with Gasteiger partial charge in [-0.3, -0.25) is 0 Å². The van der Waals surface area contributed by atoms with Crippen molar-refractivity contribution < 1.29 is 18.7 Å². The van der Waals surface area contributed by atoms with E-state index in [9.17, 15) is 13.6 Å². The first kappa shape index (κ1) is 15.7. The zero-order valence-corrected chi connectivity index (χ0v) is 12.0. The standard InChI is InChI=1S/C15H20F2N2O2/c1-19(11-7-5-10(9-20)6-8-11)15(21)18-13-4-2-3-12(16)14(13)17/h2-4,10-11,20H,5-9H2,1H3,(H,18,21). The summed E-state index contributed by atoms with van der Waals surface area (Å²) in [6.45, 7) is 0.178. The summed E-state index contributed by atoms with van der Waals surface area (Å²) < 4.78 is 26.6. The number of benzene rings is 1. The Bertz CT molecular complexity index is 502. The van der Waals surface area contributed by atoms with Crippen LogP contribution >= 0.6 is 0 Å². The number of amides is 2. The normalized spacial score (nSPS) is 21.9. The Labute approximate surface area is 122 Å². The van der Waals surface area contributed by atoms with Crippen LogP contribution in [0.3, 0.4) is 0 Å². The summed E-state index contributed by atoms with van der Waals surface area (Å²) in [7, 11) is 1.65. The molecule has 116 valence electrons. The van der Waals surface area contributed by atoms with Crippen molar-refractivity contribution in [2.24, 2.45) is 5.92 Å². The maximum Gasteiger partial charge on any atom is 0.321 e.